The monoisotopic (exact) mass is 749 g/mol. The van der Waals surface area contributed by atoms with Gasteiger partial charge in [-0.3, -0.25) is 14.5 Å². The van der Waals surface area contributed by atoms with Gasteiger partial charge in [-0.05, 0) is 66.1 Å². The second-order valence-electron chi connectivity index (χ2n) is 12.3. The van der Waals surface area contributed by atoms with E-state index in [-0.39, 0.29) is 28.5 Å². The van der Waals surface area contributed by atoms with Crippen LogP contribution in [0.2, 0.25) is 0 Å². The van der Waals surface area contributed by atoms with Crippen LogP contribution in [0.25, 0.3) is 10.9 Å². The van der Waals surface area contributed by atoms with E-state index in [0.717, 1.165) is 67.6 Å². The van der Waals surface area contributed by atoms with Gasteiger partial charge in [0.1, 0.15) is 11.4 Å². The highest BCUT2D eigenvalue weighted by Gasteiger charge is 2.30. The molecule has 5 aromatic rings. The van der Waals surface area contributed by atoms with E-state index in [1.165, 1.54) is 29.3 Å². The number of ether oxygens (including phenoxy) is 1. The molecule has 0 aliphatic carbocycles. The van der Waals surface area contributed by atoms with E-state index in [0.29, 0.717) is 36.1 Å². The van der Waals surface area contributed by atoms with E-state index < -0.39 is 17.6 Å². The molecule has 1 fully saturated rings. The Labute approximate surface area is 299 Å². The number of fused-ring (bicyclic) bond motifs is 1. The molecule has 1 aliphatic rings. The summed E-state index contributed by atoms with van der Waals surface area (Å²) in [6.07, 6.45) is -0.787. The summed E-state index contributed by atoms with van der Waals surface area (Å²) in [5.74, 6) is 0.341. The number of alkyl halides is 3. The van der Waals surface area contributed by atoms with Crippen molar-refractivity contribution in [2.45, 2.75) is 32.5 Å². The lowest BCUT2D eigenvalue weighted by Crippen LogP contribution is -2.48. The number of rotatable bonds is 9. The van der Waals surface area contributed by atoms with Crippen LogP contribution in [0.15, 0.2) is 91.1 Å². The van der Waals surface area contributed by atoms with Crippen molar-refractivity contribution in [2.75, 3.05) is 38.1 Å². The Morgan fingerprint density at radius 2 is 1.56 bits per heavy atom. The molecule has 3 aromatic carbocycles. The molecule has 0 bridgehead atoms. The summed E-state index contributed by atoms with van der Waals surface area (Å²) >= 11 is 0. The lowest BCUT2D eigenvalue weighted by Gasteiger charge is -2.34. The van der Waals surface area contributed by atoms with E-state index >= 15 is 0 Å². The Kier molecular flexibility index (Phi) is 11.3. The predicted octanol–water partition coefficient (Wildman–Crippen LogP) is 8.15. The predicted molar refractivity (Wildman–Crippen MR) is 193 cm³/mol. The molecule has 3 heterocycles. The SMILES string of the molecule is Br.CCCc1ccc(CN2CCN(C(=O)c3cc4ccc(Oc5ccc(N(C)C(=O)c6ccc(C(F)(F)F)cc6)cn5)cc4n3C)CC2)cc1. The van der Waals surface area contributed by atoms with Crippen LogP contribution in [0.1, 0.15) is 50.9 Å². The molecule has 0 saturated carbocycles. The van der Waals surface area contributed by atoms with E-state index in [1.54, 1.807) is 18.2 Å². The van der Waals surface area contributed by atoms with Crippen LogP contribution in [0, 0.1) is 0 Å². The third-order valence-electron chi connectivity index (χ3n) is 8.96. The highest BCUT2D eigenvalue weighted by atomic mass is 79.9. The number of halogens is 4. The van der Waals surface area contributed by atoms with Gasteiger partial charge in [0.25, 0.3) is 11.8 Å². The topological polar surface area (TPSA) is 70.9 Å². The summed E-state index contributed by atoms with van der Waals surface area (Å²) in [7, 11) is 3.39. The van der Waals surface area contributed by atoms with Crippen molar-refractivity contribution >= 4 is 45.4 Å². The zero-order valence-electron chi connectivity index (χ0n) is 28.1. The van der Waals surface area contributed by atoms with Gasteiger partial charge < -0.3 is 19.1 Å². The fourth-order valence-corrected chi connectivity index (χ4v) is 6.07. The molecule has 50 heavy (non-hydrogen) atoms. The fraction of sp³-hybridized carbons (Fsp3) is 0.289. The first-order valence-corrected chi connectivity index (χ1v) is 16.3. The standard InChI is InChI=1S/C38H38F3N5O3.BrH/c1-4-5-26-6-8-27(9-7-26)25-45-18-20-46(21-19-45)37(48)34-22-29-12-16-32(23-33(29)44(34)3)49-35-17-15-31(24-42-35)43(2)36(47)28-10-13-30(14-11-28)38(39,40)41;/h6-17,22-24H,4-5,18-21,25H2,1-3H3;1H. The van der Waals surface area contributed by atoms with Gasteiger partial charge in [-0.15, -0.1) is 17.0 Å². The molecule has 2 amide bonds. The molecule has 6 rings (SSSR count). The number of aryl methyl sites for hydroxylation is 2. The zero-order valence-corrected chi connectivity index (χ0v) is 29.8. The van der Waals surface area contributed by atoms with Gasteiger partial charge in [-0.2, -0.15) is 13.2 Å². The number of carbonyl (C=O) groups is 2. The number of benzene rings is 3. The number of piperazine rings is 1. The molecule has 12 heteroatoms. The van der Waals surface area contributed by atoms with Crippen LogP contribution < -0.4 is 9.64 Å². The second-order valence-corrected chi connectivity index (χ2v) is 12.3. The molecule has 262 valence electrons. The van der Waals surface area contributed by atoms with Crippen LogP contribution >= 0.6 is 17.0 Å². The highest BCUT2D eigenvalue weighted by molar-refractivity contribution is 8.93. The van der Waals surface area contributed by atoms with Gasteiger partial charge in [-0.1, -0.05) is 37.6 Å². The first-order valence-electron chi connectivity index (χ1n) is 16.3. The molecule has 0 spiro atoms. The summed E-state index contributed by atoms with van der Waals surface area (Å²) in [6.45, 7) is 6.02. The number of nitrogens with zero attached hydrogens (tertiary/aromatic N) is 5. The minimum atomic E-state index is -4.48. The largest absolute Gasteiger partial charge is 0.439 e. The van der Waals surface area contributed by atoms with Gasteiger partial charge in [0, 0.05) is 69.9 Å². The van der Waals surface area contributed by atoms with Crippen molar-refractivity contribution in [3.05, 3.63) is 119 Å². The van der Waals surface area contributed by atoms with E-state index in [9.17, 15) is 22.8 Å². The average Bonchev–Trinajstić information content (AvgIpc) is 3.44. The first-order chi connectivity index (χ1) is 23.5. The summed E-state index contributed by atoms with van der Waals surface area (Å²) in [5, 5.41) is 0.912. The number of aromatic nitrogens is 2. The van der Waals surface area contributed by atoms with Gasteiger partial charge in [0.15, 0.2) is 0 Å². The minimum Gasteiger partial charge on any atom is -0.439 e. The van der Waals surface area contributed by atoms with Crippen molar-refractivity contribution in [3.63, 3.8) is 0 Å². The average molecular weight is 751 g/mol. The summed E-state index contributed by atoms with van der Waals surface area (Å²) in [6, 6.07) is 23.6. The van der Waals surface area contributed by atoms with Crippen molar-refractivity contribution in [2.24, 2.45) is 7.05 Å². The molecule has 1 saturated heterocycles. The molecule has 8 nitrogen and oxygen atoms in total. The lowest BCUT2D eigenvalue weighted by molar-refractivity contribution is -0.137. The number of hydrogen-bond donors (Lipinski definition) is 0. The number of carbonyl (C=O) groups excluding carboxylic acids is 2. The van der Waals surface area contributed by atoms with E-state index in [4.69, 9.17) is 4.74 Å². The second kappa shape index (κ2) is 15.5. The maximum absolute atomic E-state index is 13.6. The Hall–Kier alpha value is -4.68. The zero-order chi connectivity index (χ0) is 34.7. The maximum Gasteiger partial charge on any atom is 0.416 e. The van der Waals surface area contributed by atoms with Gasteiger partial charge in [0.05, 0.1) is 23.0 Å². The molecule has 0 atom stereocenters. The van der Waals surface area contributed by atoms with Crippen LogP contribution in [-0.4, -0.2) is 64.4 Å². The van der Waals surface area contributed by atoms with Gasteiger partial charge in [-0.25, -0.2) is 4.98 Å². The molecule has 1 aliphatic heterocycles. The third-order valence-corrected chi connectivity index (χ3v) is 8.96. The Bertz CT molecular complexity index is 1940. The Morgan fingerprint density at radius 3 is 2.18 bits per heavy atom. The van der Waals surface area contributed by atoms with E-state index in [2.05, 4.69) is 41.1 Å². The van der Waals surface area contributed by atoms with Crippen molar-refractivity contribution < 1.29 is 27.5 Å². The molecule has 0 radical (unpaired) electrons. The van der Waals surface area contributed by atoms with Crippen molar-refractivity contribution in [3.8, 4) is 11.6 Å². The van der Waals surface area contributed by atoms with Gasteiger partial charge in [0.2, 0.25) is 5.88 Å². The number of anilines is 1. The van der Waals surface area contributed by atoms with Crippen LogP contribution in [0.3, 0.4) is 0 Å². The third kappa shape index (κ3) is 8.19. The maximum atomic E-state index is 13.6. The van der Waals surface area contributed by atoms with Crippen molar-refractivity contribution in [1.82, 2.24) is 19.4 Å². The number of amides is 2. The van der Waals surface area contributed by atoms with Crippen LogP contribution in [-0.2, 0) is 26.2 Å². The Balaban J connectivity index is 0.00000486. The lowest BCUT2D eigenvalue weighted by atomic mass is 10.1. The molecule has 0 unspecified atom stereocenters. The van der Waals surface area contributed by atoms with Crippen molar-refractivity contribution in [1.29, 1.82) is 0 Å². The number of pyridine rings is 1. The minimum absolute atomic E-state index is 0. The van der Waals surface area contributed by atoms with E-state index in [1.807, 2.05) is 34.7 Å². The normalized spacial score (nSPS) is 13.6. The smallest absolute Gasteiger partial charge is 0.416 e. The fourth-order valence-electron chi connectivity index (χ4n) is 6.07. The highest BCUT2D eigenvalue weighted by Crippen LogP contribution is 2.30. The Morgan fingerprint density at radius 1 is 0.880 bits per heavy atom. The molecular formula is C38H39BrF3N5O3. The summed E-state index contributed by atoms with van der Waals surface area (Å²) in [5.41, 5.74) is 3.84. The van der Waals surface area contributed by atoms with Crippen LogP contribution in [0.5, 0.6) is 11.6 Å². The van der Waals surface area contributed by atoms with Crippen LogP contribution in [0.4, 0.5) is 18.9 Å². The van der Waals surface area contributed by atoms with Gasteiger partial charge >= 0.3 is 6.18 Å². The molecule has 0 N–H and O–H groups in total. The summed E-state index contributed by atoms with van der Waals surface area (Å²) < 4.78 is 46.5. The molecule has 2 aromatic heterocycles. The summed E-state index contributed by atoms with van der Waals surface area (Å²) in [4.78, 5) is 36.4. The number of hydrogen-bond acceptors (Lipinski definition) is 5. The molecular weight excluding hydrogens is 711 g/mol. The quantitative estimate of drug-likeness (QED) is 0.152. The first kappa shape index (κ1) is 36.6.